The van der Waals surface area contributed by atoms with Crippen LogP contribution in [-0.2, 0) is 0 Å². The SMILES string of the molecule is CC(C)c1ccc(/C=N\Nc2ccccc2)cc1. The van der Waals surface area contributed by atoms with Crippen LogP contribution in [0.15, 0.2) is 59.7 Å². The maximum absolute atomic E-state index is 4.21. The minimum Gasteiger partial charge on any atom is -0.279 e. The van der Waals surface area contributed by atoms with Gasteiger partial charge in [-0.1, -0.05) is 56.3 Å². The third kappa shape index (κ3) is 3.45. The predicted octanol–water partition coefficient (Wildman–Crippen LogP) is 4.26. The van der Waals surface area contributed by atoms with Crippen molar-refractivity contribution in [2.45, 2.75) is 19.8 Å². The highest BCUT2D eigenvalue weighted by molar-refractivity contribution is 5.80. The highest BCUT2D eigenvalue weighted by atomic mass is 15.3. The van der Waals surface area contributed by atoms with Gasteiger partial charge in [0.2, 0.25) is 0 Å². The molecule has 0 saturated carbocycles. The number of rotatable bonds is 4. The zero-order chi connectivity index (χ0) is 12.8. The van der Waals surface area contributed by atoms with E-state index in [9.17, 15) is 0 Å². The Morgan fingerprint density at radius 1 is 0.944 bits per heavy atom. The lowest BCUT2D eigenvalue weighted by Crippen LogP contribution is -1.91. The van der Waals surface area contributed by atoms with E-state index in [1.807, 2.05) is 36.5 Å². The van der Waals surface area contributed by atoms with Gasteiger partial charge in [0.1, 0.15) is 0 Å². The molecule has 0 fully saturated rings. The number of hydrazone groups is 1. The smallest absolute Gasteiger partial charge is 0.0561 e. The Kier molecular flexibility index (Phi) is 4.13. The molecule has 0 bridgehead atoms. The largest absolute Gasteiger partial charge is 0.279 e. The van der Waals surface area contributed by atoms with E-state index in [1.165, 1.54) is 5.56 Å². The minimum absolute atomic E-state index is 0.568. The Balaban J connectivity index is 1.97. The van der Waals surface area contributed by atoms with Crippen LogP contribution in [0.5, 0.6) is 0 Å². The number of hydrogen-bond acceptors (Lipinski definition) is 2. The zero-order valence-corrected chi connectivity index (χ0v) is 10.8. The van der Waals surface area contributed by atoms with Gasteiger partial charge in [0.05, 0.1) is 11.9 Å². The number of nitrogens with one attached hydrogen (secondary N) is 1. The van der Waals surface area contributed by atoms with Crippen molar-refractivity contribution in [2.24, 2.45) is 5.10 Å². The number of benzene rings is 2. The molecule has 1 N–H and O–H groups in total. The Morgan fingerprint density at radius 3 is 2.22 bits per heavy atom. The Labute approximate surface area is 108 Å². The molecule has 2 aromatic rings. The Bertz CT molecular complexity index is 498. The average molecular weight is 238 g/mol. The quantitative estimate of drug-likeness (QED) is 0.624. The summed E-state index contributed by atoms with van der Waals surface area (Å²) < 4.78 is 0. The molecule has 18 heavy (non-hydrogen) atoms. The Hall–Kier alpha value is -2.09. The van der Waals surface area contributed by atoms with Gasteiger partial charge in [-0.25, -0.2) is 0 Å². The summed E-state index contributed by atoms with van der Waals surface area (Å²) in [6.07, 6.45) is 1.83. The summed E-state index contributed by atoms with van der Waals surface area (Å²) in [6.45, 7) is 4.39. The molecule has 0 heterocycles. The second kappa shape index (κ2) is 6.01. The van der Waals surface area contributed by atoms with Gasteiger partial charge in [-0.05, 0) is 29.2 Å². The molecule has 0 amide bonds. The van der Waals surface area contributed by atoms with E-state index in [0.29, 0.717) is 5.92 Å². The van der Waals surface area contributed by atoms with Gasteiger partial charge >= 0.3 is 0 Å². The topological polar surface area (TPSA) is 24.4 Å². The molecule has 0 aromatic heterocycles. The molecule has 0 saturated heterocycles. The molecular formula is C16H18N2. The van der Waals surface area contributed by atoms with Crippen LogP contribution in [-0.4, -0.2) is 6.21 Å². The summed E-state index contributed by atoms with van der Waals surface area (Å²) in [5.41, 5.74) is 6.44. The maximum Gasteiger partial charge on any atom is 0.0561 e. The molecule has 0 atom stereocenters. The molecule has 0 unspecified atom stereocenters. The molecule has 2 nitrogen and oxygen atoms in total. The van der Waals surface area contributed by atoms with Crippen LogP contribution in [0.25, 0.3) is 0 Å². The van der Waals surface area contributed by atoms with Gasteiger partial charge in [-0.2, -0.15) is 5.10 Å². The summed E-state index contributed by atoms with van der Waals surface area (Å²) in [5.74, 6) is 0.568. The van der Waals surface area contributed by atoms with Crippen molar-refractivity contribution in [2.75, 3.05) is 5.43 Å². The first kappa shape index (κ1) is 12.4. The lowest BCUT2D eigenvalue weighted by Gasteiger charge is -2.04. The zero-order valence-electron chi connectivity index (χ0n) is 10.8. The van der Waals surface area contributed by atoms with Crippen LogP contribution in [0.1, 0.15) is 30.9 Å². The fraction of sp³-hybridized carbons (Fsp3) is 0.188. The van der Waals surface area contributed by atoms with Crippen LogP contribution < -0.4 is 5.43 Å². The van der Waals surface area contributed by atoms with Crippen LogP contribution in [0.2, 0.25) is 0 Å². The predicted molar refractivity (Wildman–Crippen MR) is 78.2 cm³/mol. The first-order chi connectivity index (χ1) is 8.75. The van der Waals surface area contributed by atoms with Crippen LogP contribution in [0, 0.1) is 0 Å². The van der Waals surface area contributed by atoms with E-state index < -0.39 is 0 Å². The van der Waals surface area contributed by atoms with Crippen molar-refractivity contribution >= 4 is 11.9 Å². The van der Waals surface area contributed by atoms with Crippen molar-refractivity contribution < 1.29 is 0 Å². The molecule has 2 heteroatoms. The standard InChI is InChI=1S/C16H18N2/c1-13(2)15-10-8-14(9-11-15)12-17-18-16-6-4-3-5-7-16/h3-13,18H,1-2H3/b17-12-. The normalized spacial score (nSPS) is 11.1. The molecule has 0 aliphatic rings. The molecule has 0 radical (unpaired) electrons. The number of anilines is 1. The van der Waals surface area contributed by atoms with Crippen molar-refractivity contribution in [3.05, 3.63) is 65.7 Å². The number of nitrogens with zero attached hydrogens (tertiary/aromatic N) is 1. The first-order valence-electron chi connectivity index (χ1n) is 6.20. The van der Waals surface area contributed by atoms with Gasteiger partial charge in [0, 0.05) is 0 Å². The van der Waals surface area contributed by atoms with E-state index in [4.69, 9.17) is 0 Å². The molecular weight excluding hydrogens is 220 g/mol. The second-order valence-electron chi connectivity index (χ2n) is 4.56. The maximum atomic E-state index is 4.21. The molecule has 2 rings (SSSR count). The highest BCUT2D eigenvalue weighted by Gasteiger charge is 1.97. The molecule has 2 aromatic carbocycles. The molecule has 0 aliphatic heterocycles. The molecule has 0 aliphatic carbocycles. The highest BCUT2D eigenvalue weighted by Crippen LogP contribution is 2.14. The van der Waals surface area contributed by atoms with Gasteiger partial charge in [-0.15, -0.1) is 0 Å². The van der Waals surface area contributed by atoms with Crippen molar-refractivity contribution in [1.82, 2.24) is 0 Å². The number of para-hydroxylation sites is 1. The van der Waals surface area contributed by atoms with Crippen molar-refractivity contribution in [3.8, 4) is 0 Å². The third-order valence-corrected chi connectivity index (χ3v) is 2.78. The summed E-state index contributed by atoms with van der Waals surface area (Å²) in [7, 11) is 0. The van der Waals surface area contributed by atoms with E-state index in [-0.39, 0.29) is 0 Å². The fourth-order valence-corrected chi connectivity index (χ4v) is 1.66. The summed E-state index contributed by atoms with van der Waals surface area (Å²) in [6, 6.07) is 18.4. The summed E-state index contributed by atoms with van der Waals surface area (Å²) in [4.78, 5) is 0. The molecule has 0 spiro atoms. The monoisotopic (exact) mass is 238 g/mol. The Morgan fingerprint density at radius 2 is 1.61 bits per heavy atom. The van der Waals surface area contributed by atoms with Crippen LogP contribution >= 0.6 is 0 Å². The lowest BCUT2D eigenvalue weighted by molar-refractivity contribution is 0.866. The van der Waals surface area contributed by atoms with Gasteiger partial charge in [0.15, 0.2) is 0 Å². The van der Waals surface area contributed by atoms with E-state index in [2.05, 4.69) is 48.6 Å². The van der Waals surface area contributed by atoms with Crippen LogP contribution in [0.3, 0.4) is 0 Å². The third-order valence-electron chi connectivity index (χ3n) is 2.78. The summed E-state index contributed by atoms with van der Waals surface area (Å²) in [5, 5.41) is 4.21. The summed E-state index contributed by atoms with van der Waals surface area (Å²) >= 11 is 0. The van der Waals surface area contributed by atoms with Gasteiger partial charge in [-0.3, -0.25) is 5.43 Å². The molecule has 92 valence electrons. The van der Waals surface area contributed by atoms with Crippen LogP contribution in [0.4, 0.5) is 5.69 Å². The number of hydrogen-bond donors (Lipinski definition) is 1. The van der Waals surface area contributed by atoms with E-state index in [0.717, 1.165) is 11.3 Å². The second-order valence-corrected chi connectivity index (χ2v) is 4.56. The minimum atomic E-state index is 0.568. The lowest BCUT2D eigenvalue weighted by atomic mass is 10.0. The fourth-order valence-electron chi connectivity index (χ4n) is 1.66. The average Bonchev–Trinajstić information content (AvgIpc) is 2.40. The first-order valence-corrected chi connectivity index (χ1v) is 6.20. The van der Waals surface area contributed by atoms with Gasteiger partial charge in [0.25, 0.3) is 0 Å². The van der Waals surface area contributed by atoms with E-state index in [1.54, 1.807) is 0 Å². The van der Waals surface area contributed by atoms with Gasteiger partial charge < -0.3 is 0 Å². The van der Waals surface area contributed by atoms with Crippen molar-refractivity contribution in [1.29, 1.82) is 0 Å². The van der Waals surface area contributed by atoms with E-state index >= 15 is 0 Å². The van der Waals surface area contributed by atoms with Crippen molar-refractivity contribution in [3.63, 3.8) is 0 Å².